The Kier molecular flexibility index (Phi) is 6.04. The molecule has 0 aliphatic carbocycles. The Labute approximate surface area is 179 Å². The van der Waals surface area contributed by atoms with E-state index in [9.17, 15) is 19.1 Å². The van der Waals surface area contributed by atoms with Crippen molar-refractivity contribution in [1.29, 1.82) is 0 Å². The maximum Gasteiger partial charge on any atom is 0.407 e. The zero-order valence-corrected chi connectivity index (χ0v) is 17.0. The third-order valence-corrected chi connectivity index (χ3v) is 6.09. The van der Waals surface area contributed by atoms with Crippen molar-refractivity contribution < 1.29 is 28.9 Å². The molecule has 0 saturated carbocycles. The lowest BCUT2D eigenvalue weighted by Crippen LogP contribution is -2.36. The summed E-state index contributed by atoms with van der Waals surface area (Å²) in [7, 11) is 0. The SMILES string of the molecule is O=C(C=Cc1ccc(C2COC2)cc1F)c1cccc(C2CCN(C(=O)O)CC2)c1O. The quantitative estimate of drug-likeness (QED) is 0.548. The number of piperidine rings is 1. The summed E-state index contributed by atoms with van der Waals surface area (Å²) in [5.41, 5.74) is 1.97. The minimum absolute atomic E-state index is 0.0206. The number of para-hydroxylation sites is 1. The number of benzene rings is 2. The molecule has 6 nitrogen and oxygen atoms in total. The number of halogens is 1. The molecule has 2 aromatic carbocycles. The molecule has 4 rings (SSSR count). The maximum atomic E-state index is 14.4. The van der Waals surface area contributed by atoms with Crippen LogP contribution in [0.4, 0.5) is 9.18 Å². The first kappa shape index (κ1) is 21.1. The number of carbonyl (C=O) groups is 2. The molecule has 2 N–H and O–H groups in total. The van der Waals surface area contributed by atoms with Gasteiger partial charge in [-0.25, -0.2) is 9.18 Å². The van der Waals surface area contributed by atoms with Crippen molar-refractivity contribution in [1.82, 2.24) is 4.90 Å². The average Bonchev–Trinajstić information content (AvgIpc) is 2.72. The number of hydrogen-bond acceptors (Lipinski definition) is 4. The molecule has 7 heteroatoms. The standard InChI is InChI=1S/C24H24FNO5/c25-21-12-17(18-13-31-14-18)5-4-16(21)6-7-22(27)20-3-1-2-19(23(20)28)15-8-10-26(11-9-15)24(29)30/h1-7,12,15,18,28H,8-11,13-14H2,(H,29,30). The van der Waals surface area contributed by atoms with E-state index in [4.69, 9.17) is 9.84 Å². The van der Waals surface area contributed by atoms with Crippen LogP contribution in [0.3, 0.4) is 0 Å². The van der Waals surface area contributed by atoms with Gasteiger partial charge in [0.1, 0.15) is 11.6 Å². The van der Waals surface area contributed by atoms with Gasteiger partial charge in [0.05, 0.1) is 18.8 Å². The number of hydrogen-bond donors (Lipinski definition) is 2. The van der Waals surface area contributed by atoms with Gasteiger partial charge in [0.25, 0.3) is 0 Å². The molecule has 0 aromatic heterocycles. The zero-order valence-electron chi connectivity index (χ0n) is 17.0. The van der Waals surface area contributed by atoms with Crippen LogP contribution in [0.1, 0.15) is 51.7 Å². The summed E-state index contributed by atoms with van der Waals surface area (Å²) in [6.45, 7) is 1.97. The van der Waals surface area contributed by atoms with E-state index < -0.39 is 17.7 Å². The molecule has 1 amide bonds. The Morgan fingerprint density at radius 1 is 1.10 bits per heavy atom. The van der Waals surface area contributed by atoms with Crippen LogP contribution in [0.5, 0.6) is 5.75 Å². The van der Waals surface area contributed by atoms with Crippen molar-refractivity contribution in [3.8, 4) is 5.75 Å². The van der Waals surface area contributed by atoms with Crippen molar-refractivity contribution in [2.24, 2.45) is 0 Å². The normalized spacial score (nSPS) is 17.6. The molecule has 0 spiro atoms. The van der Waals surface area contributed by atoms with Crippen LogP contribution >= 0.6 is 0 Å². The molecular formula is C24H24FNO5. The van der Waals surface area contributed by atoms with Gasteiger partial charge in [-0.3, -0.25) is 4.79 Å². The number of amides is 1. The summed E-state index contributed by atoms with van der Waals surface area (Å²) in [5.74, 6) is -0.717. The second kappa shape index (κ2) is 8.89. The molecule has 2 aromatic rings. The number of phenols is 1. The van der Waals surface area contributed by atoms with E-state index in [0.717, 1.165) is 5.56 Å². The number of carboxylic acid groups (broad SMARTS) is 1. The van der Waals surface area contributed by atoms with Gasteiger partial charge in [0.2, 0.25) is 0 Å². The molecule has 2 saturated heterocycles. The van der Waals surface area contributed by atoms with Gasteiger partial charge in [-0.15, -0.1) is 0 Å². The van der Waals surface area contributed by atoms with Crippen molar-refractivity contribution in [3.63, 3.8) is 0 Å². The first-order valence-electron chi connectivity index (χ1n) is 10.3. The molecule has 2 aliphatic heterocycles. The predicted molar refractivity (Wildman–Crippen MR) is 113 cm³/mol. The number of carbonyl (C=O) groups excluding carboxylic acids is 1. The van der Waals surface area contributed by atoms with Gasteiger partial charge in [0, 0.05) is 24.6 Å². The van der Waals surface area contributed by atoms with Gasteiger partial charge in [-0.2, -0.15) is 0 Å². The van der Waals surface area contributed by atoms with Crippen molar-refractivity contribution >= 4 is 18.0 Å². The Bertz CT molecular complexity index is 1020. The molecule has 2 heterocycles. The van der Waals surface area contributed by atoms with Gasteiger partial charge >= 0.3 is 6.09 Å². The van der Waals surface area contributed by atoms with E-state index in [2.05, 4.69) is 0 Å². The van der Waals surface area contributed by atoms with Gasteiger partial charge in [-0.1, -0.05) is 24.3 Å². The van der Waals surface area contributed by atoms with E-state index in [0.29, 0.717) is 50.3 Å². The lowest BCUT2D eigenvalue weighted by atomic mass is 9.87. The first-order chi connectivity index (χ1) is 14.9. The number of allylic oxidation sites excluding steroid dienone is 1. The third-order valence-electron chi connectivity index (χ3n) is 6.09. The minimum Gasteiger partial charge on any atom is -0.507 e. The van der Waals surface area contributed by atoms with Crippen molar-refractivity contribution in [3.05, 3.63) is 70.5 Å². The number of ketones is 1. The number of likely N-dealkylation sites (tertiary alicyclic amines) is 1. The summed E-state index contributed by atoms with van der Waals surface area (Å²) in [6.07, 6.45) is 2.89. The highest BCUT2D eigenvalue weighted by Gasteiger charge is 2.26. The molecule has 2 fully saturated rings. The Morgan fingerprint density at radius 2 is 1.84 bits per heavy atom. The van der Waals surface area contributed by atoms with E-state index in [-0.39, 0.29) is 23.1 Å². The highest BCUT2D eigenvalue weighted by Crippen LogP contribution is 2.36. The smallest absolute Gasteiger partial charge is 0.407 e. The van der Waals surface area contributed by atoms with Crippen LogP contribution in [0.15, 0.2) is 42.5 Å². The zero-order chi connectivity index (χ0) is 22.0. The third kappa shape index (κ3) is 4.46. The van der Waals surface area contributed by atoms with Crippen LogP contribution in [-0.2, 0) is 4.74 Å². The highest BCUT2D eigenvalue weighted by atomic mass is 19.1. The van der Waals surface area contributed by atoms with Crippen LogP contribution in [0.25, 0.3) is 6.08 Å². The lowest BCUT2D eigenvalue weighted by Gasteiger charge is -2.30. The number of aromatic hydroxyl groups is 1. The largest absolute Gasteiger partial charge is 0.507 e. The summed E-state index contributed by atoms with van der Waals surface area (Å²) in [6, 6.07) is 9.95. The second-order valence-electron chi connectivity index (χ2n) is 8.00. The molecule has 31 heavy (non-hydrogen) atoms. The monoisotopic (exact) mass is 425 g/mol. The average molecular weight is 425 g/mol. The number of phenolic OH excluding ortho intramolecular Hbond substituents is 1. The summed E-state index contributed by atoms with van der Waals surface area (Å²) in [4.78, 5) is 25.1. The Hall–Kier alpha value is -3.19. The molecular weight excluding hydrogens is 401 g/mol. The topological polar surface area (TPSA) is 87.1 Å². The van der Waals surface area contributed by atoms with Crippen LogP contribution < -0.4 is 0 Å². The van der Waals surface area contributed by atoms with E-state index in [1.54, 1.807) is 18.2 Å². The molecule has 0 bridgehead atoms. The summed E-state index contributed by atoms with van der Waals surface area (Å²) >= 11 is 0. The molecule has 0 radical (unpaired) electrons. The van der Waals surface area contributed by atoms with Crippen LogP contribution in [0, 0.1) is 5.82 Å². The van der Waals surface area contributed by atoms with E-state index in [1.807, 2.05) is 6.07 Å². The Morgan fingerprint density at radius 3 is 2.45 bits per heavy atom. The second-order valence-corrected chi connectivity index (χ2v) is 8.00. The highest BCUT2D eigenvalue weighted by molar-refractivity contribution is 6.08. The van der Waals surface area contributed by atoms with Crippen molar-refractivity contribution in [2.75, 3.05) is 26.3 Å². The predicted octanol–water partition coefficient (Wildman–Crippen LogP) is 4.40. The lowest BCUT2D eigenvalue weighted by molar-refractivity contribution is 0.00832. The Balaban J connectivity index is 1.48. The fourth-order valence-corrected chi connectivity index (χ4v) is 4.09. The number of rotatable bonds is 5. The summed E-state index contributed by atoms with van der Waals surface area (Å²) in [5, 5.41) is 19.8. The fourth-order valence-electron chi connectivity index (χ4n) is 4.09. The molecule has 0 unspecified atom stereocenters. The number of nitrogens with zero attached hydrogens (tertiary/aromatic N) is 1. The van der Waals surface area contributed by atoms with Gasteiger partial charge < -0.3 is 19.8 Å². The van der Waals surface area contributed by atoms with Gasteiger partial charge in [-0.05, 0) is 54.2 Å². The van der Waals surface area contributed by atoms with Gasteiger partial charge in [0.15, 0.2) is 5.78 Å². The number of ether oxygens (including phenoxy) is 1. The van der Waals surface area contributed by atoms with Crippen molar-refractivity contribution in [2.45, 2.75) is 24.7 Å². The molecule has 2 aliphatic rings. The molecule has 0 atom stereocenters. The van der Waals surface area contributed by atoms with Crippen LogP contribution in [0.2, 0.25) is 0 Å². The maximum absolute atomic E-state index is 14.4. The minimum atomic E-state index is -0.946. The fraction of sp³-hybridized carbons (Fsp3) is 0.333. The van der Waals surface area contributed by atoms with E-state index in [1.165, 1.54) is 29.2 Å². The summed E-state index contributed by atoms with van der Waals surface area (Å²) < 4.78 is 19.5. The first-order valence-corrected chi connectivity index (χ1v) is 10.3. The van der Waals surface area contributed by atoms with Crippen LogP contribution in [-0.4, -0.2) is 53.3 Å². The van der Waals surface area contributed by atoms with E-state index >= 15 is 0 Å². The molecule has 162 valence electrons.